The van der Waals surface area contributed by atoms with E-state index in [-0.39, 0.29) is 12.3 Å². The number of nitrogens with zero attached hydrogens (tertiary/aromatic N) is 5. The van der Waals surface area contributed by atoms with Crippen molar-refractivity contribution >= 4 is 28.2 Å². The Morgan fingerprint density at radius 1 is 0.946 bits per heavy atom. The fourth-order valence-electron chi connectivity index (χ4n) is 3.71. The zero-order chi connectivity index (χ0) is 25.6. The van der Waals surface area contributed by atoms with Crippen molar-refractivity contribution in [2.75, 3.05) is 6.61 Å². The second kappa shape index (κ2) is 10.9. The van der Waals surface area contributed by atoms with Gasteiger partial charge in [0.15, 0.2) is 22.3 Å². The number of benzene rings is 3. The topological polar surface area (TPSA) is 103 Å². The second-order valence-corrected chi connectivity index (χ2v) is 8.73. The number of imidazole rings is 1. The van der Waals surface area contributed by atoms with Crippen LogP contribution in [0.15, 0.2) is 90.1 Å². The standard InChI is InChI=1S/C28H21N5O3S/c1-2-35-22-15-13-20(14-16-22)25-30-23(17-29)24-26(32-25)33(21-11-7-4-8-12-21)27(31-24)37-28(34)36-18-19-9-5-3-6-10-19/h3-16H,2,18H2,1H3. The molecule has 5 aromatic rings. The lowest BCUT2D eigenvalue weighted by atomic mass is 10.2. The summed E-state index contributed by atoms with van der Waals surface area (Å²) in [5.74, 6) is 1.10. The van der Waals surface area contributed by atoms with Crippen LogP contribution in [0.5, 0.6) is 5.75 Å². The highest BCUT2D eigenvalue weighted by molar-refractivity contribution is 8.13. The van der Waals surface area contributed by atoms with E-state index in [1.807, 2.05) is 91.9 Å². The first-order chi connectivity index (χ1) is 18.2. The van der Waals surface area contributed by atoms with Crippen molar-refractivity contribution in [3.63, 3.8) is 0 Å². The molecule has 0 saturated carbocycles. The van der Waals surface area contributed by atoms with E-state index in [2.05, 4.69) is 16.0 Å². The number of rotatable bonds is 7. The summed E-state index contributed by atoms with van der Waals surface area (Å²) in [6, 6.07) is 28.3. The molecule has 0 radical (unpaired) electrons. The van der Waals surface area contributed by atoms with E-state index >= 15 is 0 Å². The van der Waals surface area contributed by atoms with Crippen LogP contribution in [0.1, 0.15) is 18.2 Å². The molecular formula is C28H21N5O3S. The molecule has 0 bridgehead atoms. The van der Waals surface area contributed by atoms with E-state index in [4.69, 9.17) is 14.5 Å². The molecule has 182 valence electrons. The molecule has 3 aromatic carbocycles. The number of hydrogen-bond donors (Lipinski definition) is 0. The summed E-state index contributed by atoms with van der Waals surface area (Å²) < 4.78 is 12.7. The normalized spacial score (nSPS) is 10.7. The number of carbonyl (C=O) groups is 1. The van der Waals surface area contributed by atoms with Gasteiger partial charge < -0.3 is 9.47 Å². The third-order valence-corrected chi connectivity index (χ3v) is 6.14. The highest BCUT2D eigenvalue weighted by Crippen LogP contribution is 2.31. The maximum atomic E-state index is 12.7. The van der Waals surface area contributed by atoms with Crippen LogP contribution in [0.4, 0.5) is 4.79 Å². The lowest BCUT2D eigenvalue weighted by molar-refractivity contribution is 0.168. The summed E-state index contributed by atoms with van der Waals surface area (Å²) in [5, 5.41) is 9.68. The molecule has 0 amide bonds. The first-order valence-electron chi connectivity index (χ1n) is 11.5. The lowest BCUT2D eigenvalue weighted by Gasteiger charge is -2.09. The third-order valence-electron chi connectivity index (χ3n) is 5.39. The molecule has 0 aliphatic carbocycles. The van der Waals surface area contributed by atoms with E-state index in [1.54, 1.807) is 4.57 Å². The monoisotopic (exact) mass is 507 g/mol. The lowest BCUT2D eigenvalue weighted by Crippen LogP contribution is -2.03. The molecule has 5 rings (SSSR count). The molecule has 0 N–H and O–H groups in total. The number of carbonyl (C=O) groups excluding carboxylic acids is 1. The minimum absolute atomic E-state index is 0.114. The van der Waals surface area contributed by atoms with Crippen molar-refractivity contribution in [3.8, 4) is 28.9 Å². The van der Waals surface area contributed by atoms with Gasteiger partial charge in [0.25, 0.3) is 0 Å². The minimum atomic E-state index is -0.519. The van der Waals surface area contributed by atoms with Gasteiger partial charge in [0, 0.05) is 23.0 Å². The average molecular weight is 508 g/mol. The fourth-order valence-corrected chi connectivity index (χ4v) is 4.40. The maximum absolute atomic E-state index is 12.7. The first-order valence-corrected chi connectivity index (χ1v) is 12.4. The summed E-state index contributed by atoms with van der Waals surface area (Å²) in [7, 11) is 0. The number of thioether (sulfide) groups is 1. The zero-order valence-electron chi connectivity index (χ0n) is 19.9. The summed E-state index contributed by atoms with van der Waals surface area (Å²) in [4.78, 5) is 26.5. The van der Waals surface area contributed by atoms with Gasteiger partial charge in [-0.05, 0) is 48.9 Å². The van der Waals surface area contributed by atoms with Gasteiger partial charge in [-0.15, -0.1) is 0 Å². The fraction of sp³-hybridized carbons (Fsp3) is 0.107. The Balaban J connectivity index is 1.56. The Morgan fingerprint density at radius 3 is 2.32 bits per heavy atom. The van der Waals surface area contributed by atoms with Gasteiger partial charge in [0.1, 0.15) is 23.9 Å². The smallest absolute Gasteiger partial charge is 0.375 e. The van der Waals surface area contributed by atoms with Gasteiger partial charge in [0.2, 0.25) is 0 Å². The Bertz CT molecular complexity index is 1580. The van der Waals surface area contributed by atoms with E-state index in [9.17, 15) is 10.1 Å². The van der Waals surface area contributed by atoms with Crippen molar-refractivity contribution in [2.24, 2.45) is 0 Å². The Morgan fingerprint density at radius 2 is 1.65 bits per heavy atom. The summed E-state index contributed by atoms with van der Waals surface area (Å²) in [6.45, 7) is 2.62. The van der Waals surface area contributed by atoms with Crippen LogP contribution in [-0.4, -0.2) is 31.4 Å². The second-order valence-electron chi connectivity index (χ2n) is 7.83. The molecule has 2 heterocycles. The van der Waals surface area contributed by atoms with Crippen LogP contribution < -0.4 is 4.74 Å². The van der Waals surface area contributed by atoms with Gasteiger partial charge in [-0.25, -0.2) is 19.7 Å². The molecule has 0 fully saturated rings. The molecule has 0 aliphatic rings. The summed E-state index contributed by atoms with van der Waals surface area (Å²) in [5.41, 5.74) is 3.18. The molecule has 0 aliphatic heterocycles. The van der Waals surface area contributed by atoms with Gasteiger partial charge in [-0.2, -0.15) is 5.26 Å². The van der Waals surface area contributed by atoms with Crippen molar-refractivity contribution in [1.29, 1.82) is 5.26 Å². The predicted octanol–water partition coefficient (Wildman–Crippen LogP) is 6.18. The van der Waals surface area contributed by atoms with Crippen LogP contribution in [0.3, 0.4) is 0 Å². The van der Waals surface area contributed by atoms with Crippen LogP contribution in [0.25, 0.3) is 28.2 Å². The van der Waals surface area contributed by atoms with Gasteiger partial charge in [0.05, 0.1) is 6.61 Å². The van der Waals surface area contributed by atoms with E-state index in [1.165, 1.54) is 0 Å². The van der Waals surface area contributed by atoms with Crippen LogP contribution in [-0.2, 0) is 11.3 Å². The Labute approximate surface area is 217 Å². The van der Waals surface area contributed by atoms with Crippen molar-refractivity contribution in [2.45, 2.75) is 18.7 Å². The van der Waals surface area contributed by atoms with Crippen LogP contribution in [0.2, 0.25) is 0 Å². The number of hydrogen-bond acceptors (Lipinski definition) is 8. The molecule has 0 saturated heterocycles. The van der Waals surface area contributed by atoms with Crippen molar-refractivity contribution in [1.82, 2.24) is 19.5 Å². The highest BCUT2D eigenvalue weighted by Gasteiger charge is 2.22. The molecular weight excluding hydrogens is 486 g/mol. The highest BCUT2D eigenvalue weighted by atomic mass is 32.2. The number of ether oxygens (including phenoxy) is 2. The molecule has 9 heteroatoms. The molecule has 8 nitrogen and oxygen atoms in total. The van der Waals surface area contributed by atoms with Gasteiger partial charge in [-0.3, -0.25) is 4.57 Å². The molecule has 0 atom stereocenters. The van der Waals surface area contributed by atoms with Gasteiger partial charge >= 0.3 is 5.30 Å². The van der Waals surface area contributed by atoms with Gasteiger partial charge in [-0.1, -0.05) is 48.5 Å². The quantitative estimate of drug-likeness (QED) is 0.190. The summed E-state index contributed by atoms with van der Waals surface area (Å²) >= 11 is 0.835. The number of fused-ring (bicyclic) bond motifs is 1. The van der Waals surface area contributed by atoms with E-state index in [0.717, 1.165) is 34.3 Å². The molecule has 0 unspecified atom stereocenters. The van der Waals surface area contributed by atoms with Crippen molar-refractivity contribution in [3.05, 3.63) is 96.2 Å². The zero-order valence-corrected chi connectivity index (χ0v) is 20.7. The van der Waals surface area contributed by atoms with Crippen LogP contribution >= 0.6 is 11.8 Å². The number of para-hydroxylation sites is 1. The first kappa shape index (κ1) is 24.0. The largest absolute Gasteiger partial charge is 0.494 e. The van der Waals surface area contributed by atoms with E-state index in [0.29, 0.717) is 28.8 Å². The third kappa shape index (κ3) is 5.29. The number of nitriles is 1. The SMILES string of the molecule is CCOc1ccc(-c2nc(C#N)c3nc(SC(=O)OCc4ccccc4)n(-c4ccccc4)c3n2)cc1. The maximum Gasteiger partial charge on any atom is 0.375 e. The van der Waals surface area contributed by atoms with Crippen molar-refractivity contribution < 1.29 is 14.3 Å². The van der Waals surface area contributed by atoms with E-state index < -0.39 is 5.30 Å². The predicted molar refractivity (Wildman–Crippen MR) is 140 cm³/mol. The number of aromatic nitrogens is 4. The Hall–Kier alpha value is -4.68. The molecule has 0 spiro atoms. The average Bonchev–Trinajstić information content (AvgIpc) is 3.30. The minimum Gasteiger partial charge on any atom is -0.494 e. The summed E-state index contributed by atoms with van der Waals surface area (Å²) in [6.07, 6.45) is 0. The molecule has 37 heavy (non-hydrogen) atoms. The van der Waals surface area contributed by atoms with Crippen LogP contribution in [0, 0.1) is 11.3 Å². The Kier molecular flexibility index (Phi) is 7.10. The molecule has 2 aromatic heterocycles.